The zero-order chi connectivity index (χ0) is 11.9. The number of rotatable bonds is 5. The summed E-state index contributed by atoms with van der Waals surface area (Å²) in [7, 11) is 0. The molecule has 2 aromatic rings. The first kappa shape index (κ1) is 11.3. The van der Waals surface area contributed by atoms with Gasteiger partial charge in [-0.05, 0) is 36.4 Å². The van der Waals surface area contributed by atoms with Crippen LogP contribution in [0.1, 0.15) is 0 Å². The Balaban J connectivity index is 1.71. The largest absolute Gasteiger partial charge is 0.492 e. The van der Waals surface area contributed by atoms with Crippen LogP contribution in [0.25, 0.3) is 0 Å². The third kappa shape index (κ3) is 3.68. The quantitative estimate of drug-likeness (QED) is 0.609. The number of ether oxygens (including phenoxy) is 1. The molecule has 1 aromatic carbocycles. The third-order valence-corrected chi connectivity index (χ3v) is 2.26. The Morgan fingerprint density at radius 1 is 1.06 bits per heavy atom. The van der Waals surface area contributed by atoms with Crippen LogP contribution in [0.4, 0.5) is 11.4 Å². The van der Waals surface area contributed by atoms with Crippen LogP contribution in [0.3, 0.4) is 0 Å². The maximum Gasteiger partial charge on any atom is 0.119 e. The molecule has 0 bridgehead atoms. The van der Waals surface area contributed by atoms with E-state index < -0.39 is 0 Å². The summed E-state index contributed by atoms with van der Waals surface area (Å²) in [6, 6.07) is 11.2. The lowest BCUT2D eigenvalue weighted by molar-refractivity contribution is 0.333. The van der Waals surface area contributed by atoms with Gasteiger partial charge in [-0.3, -0.25) is 4.98 Å². The van der Waals surface area contributed by atoms with Crippen LogP contribution in [0, 0.1) is 0 Å². The van der Waals surface area contributed by atoms with Gasteiger partial charge in [0.15, 0.2) is 0 Å². The molecule has 0 aliphatic heterocycles. The van der Waals surface area contributed by atoms with Gasteiger partial charge in [0.1, 0.15) is 12.4 Å². The van der Waals surface area contributed by atoms with Crippen molar-refractivity contribution in [1.82, 2.24) is 4.98 Å². The lowest BCUT2D eigenvalue weighted by Crippen LogP contribution is -2.11. The number of pyridine rings is 1. The van der Waals surface area contributed by atoms with Gasteiger partial charge in [-0.2, -0.15) is 0 Å². The minimum atomic E-state index is 0.603. The van der Waals surface area contributed by atoms with Crippen molar-refractivity contribution in [3.63, 3.8) is 0 Å². The molecular formula is C13H15N3O. The molecule has 1 aromatic heterocycles. The number of hydrogen-bond acceptors (Lipinski definition) is 4. The summed E-state index contributed by atoms with van der Waals surface area (Å²) in [6.07, 6.45) is 3.51. The molecule has 0 atom stereocenters. The highest BCUT2D eigenvalue weighted by molar-refractivity contribution is 5.42. The monoisotopic (exact) mass is 229 g/mol. The van der Waals surface area contributed by atoms with E-state index >= 15 is 0 Å². The molecule has 0 unspecified atom stereocenters. The average molecular weight is 229 g/mol. The van der Waals surface area contributed by atoms with E-state index in [9.17, 15) is 0 Å². The van der Waals surface area contributed by atoms with E-state index in [-0.39, 0.29) is 0 Å². The number of aromatic nitrogens is 1. The van der Waals surface area contributed by atoms with Gasteiger partial charge in [0.25, 0.3) is 0 Å². The van der Waals surface area contributed by atoms with Crippen LogP contribution in [-0.4, -0.2) is 18.1 Å². The van der Waals surface area contributed by atoms with E-state index in [0.29, 0.717) is 6.61 Å². The smallest absolute Gasteiger partial charge is 0.119 e. The molecule has 0 radical (unpaired) electrons. The topological polar surface area (TPSA) is 60.2 Å². The normalized spacial score (nSPS) is 9.88. The van der Waals surface area contributed by atoms with E-state index in [1.807, 2.05) is 36.4 Å². The molecule has 4 heteroatoms. The first-order chi connectivity index (χ1) is 8.34. The standard InChI is InChI=1S/C13H15N3O/c14-11-1-3-13(4-2-11)17-10-9-16-12-5-7-15-8-6-12/h1-8H,9-10,14H2,(H,15,16). The van der Waals surface area contributed by atoms with Gasteiger partial charge < -0.3 is 15.8 Å². The van der Waals surface area contributed by atoms with Gasteiger partial charge in [-0.25, -0.2) is 0 Å². The summed E-state index contributed by atoms with van der Waals surface area (Å²) in [4.78, 5) is 3.95. The van der Waals surface area contributed by atoms with E-state index in [4.69, 9.17) is 10.5 Å². The Morgan fingerprint density at radius 2 is 1.76 bits per heavy atom. The first-order valence-corrected chi connectivity index (χ1v) is 5.47. The average Bonchev–Trinajstić information content (AvgIpc) is 2.38. The number of anilines is 2. The fourth-order valence-electron chi connectivity index (χ4n) is 1.40. The van der Waals surface area contributed by atoms with Crippen LogP contribution in [0.5, 0.6) is 5.75 Å². The molecule has 0 spiro atoms. The van der Waals surface area contributed by atoms with Crippen molar-refractivity contribution >= 4 is 11.4 Å². The maximum absolute atomic E-state index is 5.58. The Morgan fingerprint density at radius 3 is 2.47 bits per heavy atom. The van der Waals surface area contributed by atoms with Crippen LogP contribution in [-0.2, 0) is 0 Å². The Labute approximate surface area is 100 Å². The Kier molecular flexibility index (Phi) is 3.81. The second kappa shape index (κ2) is 5.75. The molecule has 17 heavy (non-hydrogen) atoms. The highest BCUT2D eigenvalue weighted by Crippen LogP contribution is 2.12. The van der Waals surface area contributed by atoms with Crippen molar-refractivity contribution < 1.29 is 4.74 Å². The predicted octanol–water partition coefficient (Wildman–Crippen LogP) is 2.15. The molecule has 2 rings (SSSR count). The van der Waals surface area contributed by atoms with E-state index in [2.05, 4.69) is 10.3 Å². The molecule has 4 nitrogen and oxygen atoms in total. The fourth-order valence-corrected chi connectivity index (χ4v) is 1.40. The summed E-state index contributed by atoms with van der Waals surface area (Å²) in [6.45, 7) is 1.35. The zero-order valence-corrected chi connectivity index (χ0v) is 9.47. The number of nitrogen functional groups attached to an aromatic ring is 1. The molecule has 0 aliphatic carbocycles. The molecular weight excluding hydrogens is 214 g/mol. The van der Waals surface area contributed by atoms with Crippen molar-refractivity contribution in [2.24, 2.45) is 0 Å². The van der Waals surface area contributed by atoms with Crippen LogP contribution >= 0.6 is 0 Å². The van der Waals surface area contributed by atoms with Crippen LogP contribution < -0.4 is 15.8 Å². The summed E-state index contributed by atoms with van der Waals surface area (Å²) >= 11 is 0. The van der Waals surface area contributed by atoms with Crippen molar-refractivity contribution in [2.75, 3.05) is 24.2 Å². The van der Waals surface area contributed by atoms with E-state index in [1.54, 1.807) is 12.4 Å². The lowest BCUT2D eigenvalue weighted by Gasteiger charge is -2.08. The minimum Gasteiger partial charge on any atom is -0.492 e. The van der Waals surface area contributed by atoms with Crippen molar-refractivity contribution in [3.8, 4) is 5.75 Å². The Bertz CT molecular complexity index is 442. The Hall–Kier alpha value is -2.23. The van der Waals surface area contributed by atoms with Gasteiger partial charge in [0.05, 0.1) is 0 Å². The highest BCUT2D eigenvalue weighted by Gasteiger charge is 1.93. The van der Waals surface area contributed by atoms with Crippen LogP contribution in [0.15, 0.2) is 48.8 Å². The molecule has 0 aliphatic rings. The number of nitrogens with zero attached hydrogens (tertiary/aromatic N) is 1. The van der Waals surface area contributed by atoms with E-state index in [1.165, 1.54) is 0 Å². The molecule has 0 fully saturated rings. The number of hydrogen-bond donors (Lipinski definition) is 2. The SMILES string of the molecule is Nc1ccc(OCCNc2ccncc2)cc1. The van der Waals surface area contributed by atoms with E-state index in [0.717, 1.165) is 23.7 Å². The third-order valence-electron chi connectivity index (χ3n) is 2.26. The number of benzene rings is 1. The van der Waals surface area contributed by atoms with Crippen LogP contribution in [0.2, 0.25) is 0 Å². The van der Waals surface area contributed by atoms with Gasteiger partial charge in [-0.1, -0.05) is 0 Å². The van der Waals surface area contributed by atoms with Gasteiger partial charge >= 0.3 is 0 Å². The van der Waals surface area contributed by atoms with Gasteiger partial charge in [0, 0.05) is 30.3 Å². The first-order valence-electron chi connectivity index (χ1n) is 5.47. The van der Waals surface area contributed by atoms with Crippen molar-refractivity contribution in [1.29, 1.82) is 0 Å². The predicted molar refractivity (Wildman–Crippen MR) is 69.1 cm³/mol. The lowest BCUT2D eigenvalue weighted by atomic mass is 10.3. The number of nitrogens with two attached hydrogens (primary N) is 1. The number of nitrogens with one attached hydrogen (secondary N) is 1. The second-order valence-electron chi connectivity index (χ2n) is 3.58. The van der Waals surface area contributed by atoms with Gasteiger partial charge in [0.2, 0.25) is 0 Å². The zero-order valence-electron chi connectivity index (χ0n) is 9.47. The summed E-state index contributed by atoms with van der Waals surface area (Å²) in [5.74, 6) is 0.829. The summed E-state index contributed by atoms with van der Waals surface area (Å²) < 4.78 is 5.55. The van der Waals surface area contributed by atoms with Crippen molar-refractivity contribution in [3.05, 3.63) is 48.8 Å². The molecule has 0 saturated carbocycles. The molecule has 1 heterocycles. The summed E-state index contributed by atoms with van der Waals surface area (Å²) in [5.41, 5.74) is 7.37. The maximum atomic E-state index is 5.58. The molecule has 3 N–H and O–H groups in total. The summed E-state index contributed by atoms with van der Waals surface area (Å²) in [5, 5.41) is 3.24. The highest BCUT2D eigenvalue weighted by atomic mass is 16.5. The molecule has 0 saturated heterocycles. The fraction of sp³-hybridized carbons (Fsp3) is 0.154. The van der Waals surface area contributed by atoms with Crippen molar-refractivity contribution in [2.45, 2.75) is 0 Å². The minimum absolute atomic E-state index is 0.603. The second-order valence-corrected chi connectivity index (χ2v) is 3.58. The molecule has 88 valence electrons. The van der Waals surface area contributed by atoms with Gasteiger partial charge in [-0.15, -0.1) is 0 Å². The molecule has 0 amide bonds.